The summed E-state index contributed by atoms with van der Waals surface area (Å²) in [6.45, 7) is 7.99. The lowest BCUT2D eigenvalue weighted by molar-refractivity contribution is -0.123. The van der Waals surface area contributed by atoms with Crippen molar-refractivity contribution in [2.45, 2.75) is 26.3 Å². The summed E-state index contributed by atoms with van der Waals surface area (Å²) < 4.78 is 0. The maximum Gasteiger partial charge on any atom is 0.149 e. The summed E-state index contributed by atoms with van der Waals surface area (Å²) in [5.41, 5.74) is 0. The Labute approximate surface area is 74.1 Å². The van der Waals surface area contributed by atoms with Gasteiger partial charge < -0.3 is 5.32 Å². The number of rotatable bonds is 3. The van der Waals surface area contributed by atoms with E-state index in [2.05, 4.69) is 10.2 Å². The minimum atomic E-state index is 0.122. The van der Waals surface area contributed by atoms with Crippen molar-refractivity contribution in [3.63, 3.8) is 0 Å². The van der Waals surface area contributed by atoms with E-state index >= 15 is 0 Å². The lowest BCUT2D eigenvalue weighted by Gasteiger charge is -2.31. The van der Waals surface area contributed by atoms with Crippen LogP contribution in [0.4, 0.5) is 0 Å². The van der Waals surface area contributed by atoms with Crippen LogP contribution in [-0.2, 0) is 4.79 Å². The topological polar surface area (TPSA) is 32.3 Å². The van der Waals surface area contributed by atoms with Crippen LogP contribution in [0, 0.1) is 0 Å². The van der Waals surface area contributed by atoms with E-state index < -0.39 is 0 Å². The zero-order valence-electron chi connectivity index (χ0n) is 7.97. The molecule has 0 amide bonds. The first-order valence-electron chi connectivity index (χ1n) is 4.73. The number of nitrogens with one attached hydrogen (secondary N) is 1. The molecule has 12 heavy (non-hydrogen) atoms. The Morgan fingerprint density at radius 1 is 1.50 bits per heavy atom. The van der Waals surface area contributed by atoms with E-state index in [0.717, 1.165) is 26.2 Å². The van der Waals surface area contributed by atoms with Gasteiger partial charge in [-0.1, -0.05) is 6.92 Å². The predicted molar refractivity (Wildman–Crippen MR) is 49.2 cm³/mol. The molecule has 1 fully saturated rings. The summed E-state index contributed by atoms with van der Waals surface area (Å²) in [7, 11) is 0. The minimum absolute atomic E-state index is 0.122. The van der Waals surface area contributed by atoms with E-state index in [0.29, 0.717) is 12.2 Å². The van der Waals surface area contributed by atoms with Crippen molar-refractivity contribution in [2.24, 2.45) is 0 Å². The molecule has 0 aromatic heterocycles. The van der Waals surface area contributed by atoms with Crippen LogP contribution in [0.2, 0.25) is 0 Å². The molecule has 3 heteroatoms. The first kappa shape index (κ1) is 9.68. The average molecular weight is 170 g/mol. The molecule has 1 N–H and O–H groups in total. The second-order valence-electron chi connectivity index (χ2n) is 3.28. The quantitative estimate of drug-likeness (QED) is 0.659. The second kappa shape index (κ2) is 4.58. The van der Waals surface area contributed by atoms with Crippen LogP contribution in [0.3, 0.4) is 0 Å². The fraction of sp³-hybridized carbons (Fsp3) is 0.889. The maximum atomic E-state index is 11.3. The lowest BCUT2D eigenvalue weighted by Crippen LogP contribution is -2.49. The lowest BCUT2D eigenvalue weighted by atomic mass is 10.1. The van der Waals surface area contributed by atoms with Crippen molar-refractivity contribution in [1.29, 1.82) is 0 Å². The Morgan fingerprint density at radius 2 is 2.08 bits per heavy atom. The average Bonchev–Trinajstić information content (AvgIpc) is 2.17. The number of Topliss-reactive ketones (excluding diaryl/α,β-unsaturated/α-hetero) is 1. The standard InChI is InChI=1S/C9H18N2O/c1-3-9(12)8(2)11-6-4-10-5-7-11/h8,10H,3-7H2,1-2H3. The highest BCUT2D eigenvalue weighted by atomic mass is 16.1. The van der Waals surface area contributed by atoms with Crippen LogP contribution in [0.1, 0.15) is 20.3 Å². The molecule has 0 aliphatic carbocycles. The van der Waals surface area contributed by atoms with Gasteiger partial charge in [0.2, 0.25) is 0 Å². The molecule has 1 heterocycles. The van der Waals surface area contributed by atoms with Crippen LogP contribution in [-0.4, -0.2) is 42.9 Å². The van der Waals surface area contributed by atoms with Crippen molar-refractivity contribution in [1.82, 2.24) is 10.2 Å². The van der Waals surface area contributed by atoms with Crippen LogP contribution >= 0.6 is 0 Å². The highest BCUT2D eigenvalue weighted by Crippen LogP contribution is 2.03. The number of ketones is 1. The molecule has 1 aliphatic rings. The largest absolute Gasteiger partial charge is 0.314 e. The smallest absolute Gasteiger partial charge is 0.149 e. The normalized spacial score (nSPS) is 22.2. The molecular formula is C9H18N2O. The Kier molecular flexibility index (Phi) is 3.69. The summed E-state index contributed by atoms with van der Waals surface area (Å²) >= 11 is 0. The Bertz CT molecular complexity index is 153. The minimum Gasteiger partial charge on any atom is -0.314 e. The zero-order valence-corrected chi connectivity index (χ0v) is 7.97. The van der Waals surface area contributed by atoms with Gasteiger partial charge in [0.15, 0.2) is 0 Å². The van der Waals surface area contributed by atoms with Gasteiger partial charge in [0.25, 0.3) is 0 Å². The van der Waals surface area contributed by atoms with Gasteiger partial charge in [0.05, 0.1) is 6.04 Å². The van der Waals surface area contributed by atoms with Crippen LogP contribution in [0.25, 0.3) is 0 Å². The van der Waals surface area contributed by atoms with Crippen molar-refractivity contribution < 1.29 is 4.79 Å². The molecule has 70 valence electrons. The maximum absolute atomic E-state index is 11.3. The Morgan fingerprint density at radius 3 is 2.58 bits per heavy atom. The van der Waals surface area contributed by atoms with E-state index in [9.17, 15) is 4.79 Å². The fourth-order valence-corrected chi connectivity index (χ4v) is 1.57. The Hall–Kier alpha value is -0.410. The summed E-state index contributed by atoms with van der Waals surface area (Å²) in [6, 6.07) is 0.122. The number of hydrogen-bond donors (Lipinski definition) is 1. The van der Waals surface area contributed by atoms with E-state index in [-0.39, 0.29) is 6.04 Å². The molecule has 1 rings (SSSR count). The van der Waals surface area contributed by atoms with Gasteiger partial charge in [-0.3, -0.25) is 9.69 Å². The predicted octanol–water partition coefficient (Wildman–Crippen LogP) is 0.259. The van der Waals surface area contributed by atoms with Crippen LogP contribution in [0.5, 0.6) is 0 Å². The van der Waals surface area contributed by atoms with Gasteiger partial charge in [0, 0.05) is 32.6 Å². The van der Waals surface area contributed by atoms with Crippen LogP contribution in [0.15, 0.2) is 0 Å². The molecule has 0 bridgehead atoms. The Balaban J connectivity index is 2.39. The van der Waals surface area contributed by atoms with Crippen molar-refractivity contribution in [2.75, 3.05) is 26.2 Å². The summed E-state index contributed by atoms with van der Waals surface area (Å²) in [5, 5.41) is 3.27. The first-order chi connectivity index (χ1) is 5.75. The SMILES string of the molecule is CCC(=O)C(C)N1CCNCC1. The molecule has 1 aliphatic heterocycles. The fourth-order valence-electron chi connectivity index (χ4n) is 1.57. The zero-order chi connectivity index (χ0) is 8.97. The third kappa shape index (κ3) is 2.29. The molecule has 0 radical (unpaired) electrons. The van der Waals surface area contributed by atoms with Gasteiger partial charge in [-0.15, -0.1) is 0 Å². The molecular weight excluding hydrogens is 152 g/mol. The van der Waals surface area contributed by atoms with Crippen LogP contribution < -0.4 is 5.32 Å². The van der Waals surface area contributed by atoms with Gasteiger partial charge in [-0.2, -0.15) is 0 Å². The molecule has 0 spiro atoms. The second-order valence-corrected chi connectivity index (χ2v) is 3.28. The van der Waals surface area contributed by atoms with Crippen molar-refractivity contribution in [3.8, 4) is 0 Å². The van der Waals surface area contributed by atoms with E-state index in [1.165, 1.54) is 0 Å². The third-order valence-electron chi connectivity index (χ3n) is 2.51. The molecule has 1 saturated heterocycles. The van der Waals surface area contributed by atoms with E-state index in [1.807, 2.05) is 13.8 Å². The van der Waals surface area contributed by atoms with E-state index in [1.54, 1.807) is 0 Å². The molecule has 0 aromatic rings. The number of piperazine rings is 1. The molecule has 0 aromatic carbocycles. The van der Waals surface area contributed by atoms with E-state index in [4.69, 9.17) is 0 Å². The molecule has 1 atom stereocenters. The number of hydrogen-bond acceptors (Lipinski definition) is 3. The summed E-state index contributed by atoms with van der Waals surface area (Å²) in [4.78, 5) is 13.6. The van der Waals surface area contributed by atoms with Gasteiger partial charge in [0.1, 0.15) is 5.78 Å². The van der Waals surface area contributed by atoms with Gasteiger partial charge >= 0.3 is 0 Å². The number of carbonyl (C=O) groups excluding carboxylic acids is 1. The molecule has 3 nitrogen and oxygen atoms in total. The van der Waals surface area contributed by atoms with Gasteiger partial charge in [-0.25, -0.2) is 0 Å². The highest BCUT2D eigenvalue weighted by Gasteiger charge is 2.20. The first-order valence-corrected chi connectivity index (χ1v) is 4.73. The van der Waals surface area contributed by atoms with Gasteiger partial charge in [-0.05, 0) is 6.92 Å². The third-order valence-corrected chi connectivity index (χ3v) is 2.51. The monoisotopic (exact) mass is 170 g/mol. The number of nitrogens with zero attached hydrogens (tertiary/aromatic N) is 1. The highest BCUT2D eigenvalue weighted by molar-refractivity contribution is 5.83. The van der Waals surface area contributed by atoms with Crippen molar-refractivity contribution >= 4 is 5.78 Å². The van der Waals surface area contributed by atoms with Crippen molar-refractivity contribution in [3.05, 3.63) is 0 Å². The molecule has 0 saturated carbocycles. The number of carbonyl (C=O) groups is 1. The molecule has 1 unspecified atom stereocenters. The summed E-state index contributed by atoms with van der Waals surface area (Å²) in [6.07, 6.45) is 0.658. The summed E-state index contributed by atoms with van der Waals surface area (Å²) in [5.74, 6) is 0.358.